The third kappa shape index (κ3) is 4.63. The van der Waals surface area contributed by atoms with Crippen molar-refractivity contribution in [2.45, 2.75) is 64.1 Å². The predicted octanol–water partition coefficient (Wildman–Crippen LogP) is 5.43. The fraction of sp³-hybridized carbons (Fsp3) is 0.513. The number of allylic oxidation sites excluding steroid dienone is 1. The van der Waals surface area contributed by atoms with Crippen molar-refractivity contribution in [1.29, 1.82) is 0 Å². The molecule has 0 radical (unpaired) electrons. The highest BCUT2D eigenvalue weighted by Gasteiger charge is 2.68. The highest BCUT2D eigenvalue weighted by molar-refractivity contribution is 5.90. The van der Waals surface area contributed by atoms with Crippen molar-refractivity contribution < 1.29 is 23.8 Å². The minimum absolute atomic E-state index is 0.0327. The van der Waals surface area contributed by atoms with Gasteiger partial charge < -0.3 is 19.5 Å². The molecule has 4 aromatic rings. The molecule has 5 aliphatic rings. The van der Waals surface area contributed by atoms with Crippen LogP contribution in [-0.4, -0.2) is 80.1 Å². The first kappa shape index (κ1) is 31.1. The van der Waals surface area contributed by atoms with Gasteiger partial charge in [-0.1, -0.05) is 31.6 Å². The molecule has 2 N–H and O–H groups in total. The maximum atomic E-state index is 14.1. The molecule has 9 rings (SSSR count). The van der Waals surface area contributed by atoms with Gasteiger partial charge in [0.25, 0.3) is 6.01 Å². The van der Waals surface area contributed by atoms with Gasteiger partial charge in [0, 0.05) is 31.6 Å². The molecular formula is C39H44FN5O4. The van der Waals surface area contributed by atoms with E-state index in [9.17, 15) is 19.4 Å². The van der Waals surface area contributed by atoms with E-state index in [0.717, 1.165) is 53.7 Å². The Balaban J connectivity index is 0.910. The molecule has 2 aromatic heterocycles. The van der Waals surface area contributed by atoms with Crippen molar-refractivity contribution in [2.75, 3.05) is 37.6 Å². The number of ketones is 1. The minimum Gasteiger partial charge on any atom is -0.423 e. The van der Waals surface area contributed by atoms with Crippen molar-refractivity contribution in [3.05, 3.63) is 77.4 Å². The van der Waals surface area contributed by atoms with Crippen LogP contribution >= 0.6 is 0 Å². The zero-order valence-electron chi connectivity index (χ0n) is 28.2. The zero-order valence-corrected chi connectivity index (χ0v) is 28.2. The summed E-state index contributed by atoms with van der Waals surface area (Å²) in [5, 5.41) is 29.1. The highest BCUT2D eigenvalue weighted by Crippen LogP contribution is 2.67. The molecule has 3 heterocycles. The maximum Gasteiger partial charge on any atom is 0.298 e. The number of benzene rings is 2. The largest absolute Gasteiger partial charge is 0.423 e. The molecule has 3 saturated carbocycles. The number of rotatable bonds is 5. The number of nitrogens with zero attached hydrogens (tertiary/aromatic N) is 5. The van der Waals surface area contributed by atoms with E-state index in [2.05, 4.69) is 34.7 Å². The lowest BCUT2D eigenvalue weighted by molar-refractivity contribution is -0.180. The molecule has 9 nitrogen and oxygen atoms in total. The number of fused-ring (bicyclic) bond motifs is 7. The number of carbonyl (C=O) groups excluding carboxylic acids is 1. The van der Waals surface area contributed by atoms with Gasteiger partial charge in [0.2, 0.25) is 0 Å². The summed E-state index contributed by atoms with van der Waals surface area (Å²) in [5.74, 6) is 0.0178. The average molecular weight is 666 g/mol. The average Bonchev–Trinajstić information content (AvgIpc) is 3.78. The summed E-state index contributed by atoms with van der Waals surface area (Å²) in [4.78, 5) is 23.0. The van der Waals surface area contributed by atoms with Crippen molar-refractivity contribution in [3.8, 4) is 5.69 Å². The Morgan fingerprint density at radius 1 is 1.06 bits per heavy atom. The van der Waals surface area contributed by atoms with Gasteiger partial charge in [0.1, 0.15) is 16.9 Å². The lowest BCUT2D eigenvalue weighted by Gasteiger charge is -2.60. The van der Waals surface area contributed by atoms with Gasteiger partial charge in [-0.2, -0.15) is 10.1 Å². The Morgan fingerprint density at radius 3 is 2.61 bits per heavy atom. The number of aromatic nitrogens is 3. The molecule has 4 fully saturated rings. The zero-order chi connectivity index (χ0) is 33.7. The lowest BCUT2D eigenvalue weighted by Crippen LogP contribution is -2.63. The topological polar surface area (TPSA) is 108 Å². The Bertz CT molecular complexity index is 1930. The van der Waals surface area contributed by atoms with Gasteiger partial charge >= 0.3 is 0 Å². The number of aliphatic hydroxyl groups is 2. The number of piperazine rings is 1. The molecule has 0 amide bonds. The summed E-state index contributed by atoms with van der Waals surface area (Å²) >= 11 is 0. The fourth-order valence-corrected chi connectivity index (χ4v) is 10.9. The van der Waals surface area contributed by atoms with Gasteiger partial charge in [-0.15, -0.1) is 0 Å². The highest BCUT2D eigenvalue weighted by atomic mass is 19.1. The molecule has 0 spiro atoms. The Kier molecular flexibility index (Phi) is 7.04. The Morgan fingerprint density at radius 2 is 1.84 bits per heavy atom. The quantitative estimate of drug-likeness (QED) is 0.291. The number of oxazole rings is 1. The van der Waals surface area contributed by atoms with E-state index in [1.165, 1.54) is 17.7 Å². The third-order valence-corrected chi connectivity index (χ3v) is 13.4. The summed E-state index contributed by atoms with van der Waals surface area (Å²) in [5.41, 5.74) is 3.52. The Labute approximate surface area is 285 Å². The molecule has 10 heteroatoms. The van der Waals surface area contributed by atoms with E-state index in [1.54, 1.807) is 12.1 Å². The number of Topliss-reactive ketones (excluding diaryl/α,β-unsaturated/α-hetero) is 1. The lowest BCUT2D eigenvalue weighted by atomic mass is 9.45. The summed E-state index contributed by atoms with van der Waals surface area (Å²) in [6.45, 7) is 7.33. The number of halogens is 1. The summed E-state index contributed by atoms with van der Waals surface area (Å²) in [6.07, 6.45) is 7.79. The second-order valence-corrected chi connectivity index (χ2v) is 15.8. The molecule has 4 aliphatic carbocycles. The molecule has 2 aromatic carbocycles. The van der Waals surface area contributed by atoms with Crippen LogP contribution in [0.3, 0.4) is 0 Å². The van der Waals surface area contributed by atoms with Gasteiger partial charge in [-0.25, -0.2) is 9.07 Å². The van der Waals surface area contributed by atoms with E-state index in [4.69, 9.17) is 9.52 Å². The maximum absolute atomic E-state index is 14.1. The van der Waals surface area contributed by atoms with Gasteiger partial charge in [-0.05, 0) is 110 Å². The molecule has 1 saturated heterocycles. The number of anilines is 1. The predicted molar refractivity (Wildman–Crippen MR) is 184 cm³/mol. The van der Waals surface area contributed by atoms with Crippen LogP contribution < -0.4 is 4.90 Å². The van der Waals surface area contributed by atoms with Crippen molar-refractivity contribution in [2.24, 2.45) is 28.6 Å². The molecule has 0 bridgehead atoms. The number of hydrogen-bond donors (Lipinski definition) is 2. The molecule has 49 heavy (non-hydrogen) atoms. The van der Waals surface area contributed by atoms with Gasteiger partial charge in [-0.3, -0.25) is 9.69 Å². The Hall–Kier alpha value is -3.86. The fourth-order valence-electron chi connectivity index (χ4n) is 10.9. The molecule has 7 atom stereocenters. The van der Waals surface area contributed by atoms with E-state index >= 15 is 0 Å². The molecule has 256 valence electrons. The monoisotopic (exact) mass is 665 g/mol. The summed E-state index contributed by atoms with van der Waals surface area (Å²) in [7, 11) is 0. The second-order valence-electron chi connectivity index (χ2n) is 15.8. The first-order chi connectivity index (χ1) is 23.6. The number of hydrogen-bond acceptors (Lipinski definition) is 8. The SMILES string of the molecule is C[C@]12Cc3cnn(-c4ccc(F)cc4)c3C=C1CCC1C2[C@@H](O)C[C@@]2(C)C1CC[C@]2(O)C(=O)CN1CCN(c2nc3ccccc3o2)CC1. The molecular weight excluding hydrogens is 621 g/mol. The van der Waals surface area contributed by atoms with Crippen LogP contribution in [0.1, 0.15) is 57.2 Å². The van der Waals surface area contributed by atoms with Gasteiger partial charge in [0.05, 0.1) is 30.2 Å². The van der Waals surface area contributed by atoms with Crippen LogP contribution in [0, 0.1) is 34.4 Å². The normalized spacial score (nSPS) is 34.2. The van der Waals surface area contributed by atoms with E-state index in [1.807, 2.05) is 35.1 Å². The van der Waals surface area contributed by atoms with Crippen LogP contribution in [-0.2, 0) is 11.2 Å². The van der Waals surface area contributed by atoms with Crippen LogP contribution in [0.5, 0.6) is 0 Å². The van der Waals surface area contributed by atoms with Crippen molar-refractivity contribution in [3.63, 3.8) is 0 Å². The third-order valence-electron chi connectivity index (χ3n) is 13.4. The molecule has 1 aliphatic heterocycles. The first-order valence-corrected chi connectivity index (χ1v) is 17.9. The number of carbonyl (C=O) groups is 1. The van der Waals surface area contributed by atoms with E-state index < -0.39 is 17.1 Å². The van der Waals surface area contributed by atoms with Crippen LogP contribution in [0.25, 0.3) is 22.9 Å². The minimum atomic E-state index is -1.46. The van der Waals surface area contributed by atoms with Gasteiger partial charge in [0.15, 0.2) is 11.4 Å². The summed E-state index contributed by atoms with van der Waals surface area (Å²) < 4.78 is 21.5. The number of aliphatic hydroxyl groups excluding tert-OH is 1. The van der Waals surface area contributed by atoms with Crippen molar-refractivity contribution >= 4 is 29.0 Å². The van der Waals surface area contributed by atoms with Crippen LogP contribution in [0.4, 0.5) is 10.4 Å². The number of para-hydroxylation sites is 2. The van der Waals surface area contributed by atoms with E-state index in [-0.39, 0.29) is 41.3 Å². The van der Waals surface area contributed by atoms with Crippen molar-refractivity contribution in [1.82, 2.24) is 19.7 Å². The smallest absolute Gasteiger partial charge is 0.298 e. The second kappa shape index (κ2) is 11.1. The first-order valence-electron chi connectivity index (χ1n) is 17.9. The van der Waals surface area contributed by atoms with Crippen LogP contribution in [0.2, 0.25) is 0 Å². The van der Waals surface area contributed by atoms with Crippen LogP contribution in [0.15, 0.2) is 64.7 Å². The van der Waals surface area contributed by atoms with E-state index in [0.29, 0.717) is 45.0 Å². The standard InChI is InChI=1S/C39H44FN5O4/c1-37-20-24-22-41-45(27-10-8-26(40)9-11-27)31(24)19-25(37)7-12-28-29-13-14-39(48,38(29,2)21-32(46)35(28)37)34(47)23-43-15-17-44(18-16-43)36-42-30-5-3-4-6-33(30)49-36/h3-6,8-11,19,22,28-29,32,35,46,48H,7,12-18,20-21,23H2,1-2H3/t28?,29?,32-,35?,37-,38-,39-/m0/s1. The summed E-state index contributed by atoms with van der Waals surface area (Å²) in [6, 6.07) is 14.8. The molecule has 3 unspecified atom stereocenters.